The van der Waals surface area contributed by atoms with Gasteiger partial charge in [-0.15, -0.1) is 0 Å². The molecule has 0 fully saturated rings. The Balaban J connectivity index is 2.28. The first-order valence-corrected chi connectivity index (χ1v) is 5.69. The van der Waals surface area contributed by atoms with Gasteiger partial charge in [-0.05, 0) is 12.5 Å². The predicted octanol–water partition coefficient (Wildman–Crippen LogP) is 2.70. The largest absolute Gasteiger partial charge is 0.481 e. The number of hydrogen-bond acceptors (Lipinski definition) is 2. The van der Waals surface area contributed by atoms with Gasteiger partial charge < -0.3 is 5.11 Å². The van der Waals surface area contributed by atoms with Crippen LogP contribution in [0.25, 0.3) is 0 Å². The van der Waals surface area contributed by atoms with E-state index in [9.17, 15) is 4.79 Å². The molecule has 3 heteroatoms. The molecule has 0 atom stereocenters. The van der Waals surface area contributed by atoms with Crippen LogP contribution in [0.4, 0.5) is 0 Å². The van der Waals surface area contributed by atoms with Crippen molar-refractivity contribution in [2.24, 2.45) is 0 Å². The van der Waals surface area contributed by atoms with E-state index in [2.05, 4.69) is 25.1 Å². The number of thioether (sulfide) groups is 1. The van der Waals surface area contributed by atoms with E-state index in [0.717, 1.165) is 5.75 Å². The molecule has 1 aromatic carbocycles. The second kappa shape index (κ2) is 5.70. The minimum atomic E-state index is -0.721. The fraction of sp³-hybridized carbons (Fsp3) is 0.364. The molecular weight excluding hydrogens is 196 g/mol. The van der Waals surface area contributed by atoms with E-state index in [1.165, 1.54) is 11.1 Å². The maximum Gasteiger partial charge on any atom is 0.304 e. The smallest absolute Gasteiger partial charge is 0.304 e. The van der Waals surface area contributed by atoms with Crippen molar-refractivity contribution in [3.63, 3.8) is 0 Å². The molecule has 0 heterocycles. The molecular formula is C11H14O2S. The summed E-state index contributed by atoms with van der Waals surface area (Å²) in [5.74, 6) is 0.861. The summed E-state index contributed by atoms with van der Waals surface area (Å²) in [5.41, 5.74) is 2.52. The fourth-order valence-electron chi connectivity index (χ4n) is 1.15. The number of rotatable bonds is 5. The van der Waals surface area contributed by atoms with Crippen LogP contribution >= 0.6 is 11.8 Å². The molecule has 0 radical (unpaired) electrons. The lowest BCUT2D eigenvalue weighted by molar-refractivity contribution is -0.136. The summed E-state index contributed by atoms with van der Waals surface area (Å²) in [6, 6.07) is 8.29. The van der Waals surface area contributed by atoms with Crippen molar-refractivity contribution in [3.8, 4) is 0 Å². The summed E-state index contributed by atoms with van der Waals surface area (Å²) in [6.45, 7) is 2.06. The number of carbonyl (C=O) groups is 1. The molecule has 1 rings (SSSR count). The van der Waals surface area contributed by atoms with E-state index in [4.69, 9.17) is 5.11 Å². The zero-order chi connectivity index (χ0) is 10.4. The number of carboxylic acids is 1. The maximum absolute atomic E-state index is 10.3. The molecule has 76 valence electrons. The minimum absolute atomic E-state index is 0.247. The van der Waals surface area contributed by atoms with Gasteiger partial charge in [-0.2, -0.15) is 11.8 Å². The summed E-state index contributed by atoms with van der Waals surface area (Å²) < 4.78 is 0. The monoisotopic (exact) mass is 210 g/mol. The second-order valence-electron chi connectivity index (χ2n) is 3.19. The van der Waals surface area contributed by atoms with Crippen molar-refractivity contribution in [1.82, 2.24) is 0 Å². The third-order valence-electron chi connectivity index (χ3n) is 1.81. The van der Waals surface area contributed by atoms with Gasteiger partial charge in [-0.1, -0.05) is 29.8 Å². The predicted molar refractivity (Wildman–Crippen MR) is 59.6 cm³/mol. The molecule has 0 aliphatic carbocycles. The average Bonchev–Trinajstić information content (AvgIpc) is 2.12. The fourth-order valence-corrected chi connectivity index (χ4v) is 2.03. The number of carboxylic acid groups (broad SMARTS) is 1. The van der Waals surface area contributed by atoms with E-state index < -0.39 is 5.97 Å². The van der Waals surface area contributed by atoms with Gasteiger partial charge >= 0.3 is 5.97 Å². The lowest BCUT2D eigenvalue weighted by Gasteiger charge is -2.01. The SMILES string of the molecule is Cc1cccc(CSCCC(=O)O)c1. The third-order valence-corrected chi connectivity index (χ3v) is 2.84. The number of benzene rings is 1. The minimum Gasteiger partial charge on any atom is -0.481 e. The van der Waals surface area contributed by atoms with Crippen molar-refractivity contribution in [3.05, 3.63) is 35.4 Å². The Kier molecular flexibility index (Phi) is 4.53. The lowest BCUT2D eigenvalue weighted by Crippen LogP contribution is -1.96. The normalized spacial score (nSPS) is 10.1. The maximum atomic E-state index is 10.3. The average molecular weight is 210 g/mol. The molecule has 2 nitrogen and oxygen atoms in total. The van der Waals surface area contributed by atoms with Crippen LogP contribution in [-0.2, 0) is 10.5 Å². The van der Waals surface area contributed by atoms with Crippen LogP contribution in [0, 0.1) is 6.92 Å². The molecule has 0 spiro atoms. The zero-order valence-corrected chi connectivity index (χ0v) is 9.01. The zero-order valence-electron chi connectivity index (χ0n) is 8.19. The molecule has 0 saturated carbocycles. The Morgan fingerprint density at radius 3 is 2.93 bits per heavy atom. The van der Waals surface area contributed by atoms with E-state index in [1.54, 1.807) is 11.8 Å². The number of aryl methyl sites for hydroxylation is 1. The molecule has 0 amide bonds. The van der Waals surface area contributed by atoms with Crippen LogP contribution in [-0.4, -0.2) is 16.8 Å². The van der Waals surface area contributed by atoms with Gasteiger partial charge in [0.1, 0.15) is 0 Å². The topological polar surface area (TPSA) is 37.3 Å². The summed E-state index contributed by atoms with van der Waals surface area (Å²) in [6.07, 6.45) is 0.247. The summed E-state index contributed by atoms with van der Waals surface area (Å²) in [4.78, 5) is 10.3. The van der Waals surface area contributed by atoms with Gasteiger partial charge in [0.25, 0.3) is 0 Å². The first-order chi connectivity index (χ1) is 6.68. The lowest BCUT2D eigenvalue weighted by atomic mass is 10.2. The van der Waals surface area contributed by atoms with Crippen molar-refractivity contribution in [1.29, 1.82) is 0 Å². The molecule has 14 heavy (non-hydrogen) atoms. The highest BCUT2D eigenvalue weighted by Gasteiger charge is 1.97. The quantitative estimate of drug-likeness (QED) is 0.759. The van der Waals surface area contributed by atoms with Crippen LogP contribution in [0.5, 0.6) is 0 Å². The van der Waals surface area contributed by atoms with E-state index in [0.29, 0.717) is 5.75 Å². The molecule has 0 aliphatic rings. The first-order valence-electron chi connectivity index (χ1n) is 4.53. The van der Waals surface area contributed by atoms with Gasteiger partial charge in [0.2, 0.25) is 0 Å². The van der Waals surface area contributed by atoms with Crippen LogP contribution in [0.1, 0.15) is 17.5 Å². The number of hydrogen-bond donors (Lipinski definition) is 1. The molecule has 0 aromatic heterocycles. The molecule has 1 N–H and O–H groups in total. The van der Waals surface area contributed by atoms with Gasteiger partial charge in [0.15, 0.2) is 0 Å². The summed E-state index contributed by atoms with van der Waals surface area (Å²) >= 11 is 1.66. The first kappa shape index (κ1) is 11.1. The third kappa shape index (κ3) is 4.33. The van der Waals surface area contributed by atoms with Crippen LogP contribution < -0.4 is 0 Å². The molecule has 0 aliphatic heterocycles. The highest BCUT2D eigenvalue weighted by Crippen LogP contribution is 2.14. The molecule has 0 bridgehead atoms. The van der Waals surface area contributed by atoms with Crippen molar-refractivity contribution in [2.45, 2.75) is 19.1 Å². The van der Waals surface area contributed by atoms with E-state index in [-0.39, 0.29) is 6.42 Å². The van der Waals surface area contributed by atoms with Gasteiger partial charge in [-0.25, -0.2) is 0 Å². The molecule has 1 aromatic rings. The van der Waals surface area contributed by atoms with Gasteiger partial charge in [0.05, 0.1) is 6.42 Å². The Hall–Kier alpha value is -0.960. The van der Waals surface area contributed by atoms with Gasteiger partial charge in [0, 0.05) is 11.5 Å². The molecule has 0 unspecified atom stereocenters. The van der Waals surface area contributed by atoms with Crippen LogP contribution in [0.15, 0.2) is 24.3 Å². The van der Waals surface area contributed by atoms with Crippen molar-refractivity contribution < 1.29 is 9.90 Å². The highest BCUT2D eigenvalue weighted by molar-refractivity contribution is 7.98. The van der Waals surface area contributed by atoms with Crippen molar-refractivity contribution >= 4 is 17.7 Å². The Labute approximate surface area is 88.3 Å². The van der Waals surface area contributed by atoms with Crippen LogP contribution in [0.3, 0.4) is 0 Å². The number of aliphatic carboxylic acids is 1. The summed E-state index contributed by atoms with van der Waals surface area (Å²) in [5, 5.41) is 8.44. The Morgan fingerprint density at radius 1 is 1.50 bits per heavy atom. The Morgan fingerprint density at radius 2 is 2.29 bits per heavy atom. The van der Waals surface area contributed by atoms with E-state index >= 15 is 0 Å². The van der Waals surface area contributed by atoms with E-state index in [1.807, 2.05) is 6.07 Å². The van der Waals surface area contributed by atoms with Crippen LogP contribution in [0.2, 0.25) is 0 Å². The van der Waals surface area contributed by atoms with Crippen molar-refractivity contribution in [2.75, 3.05) is 5.75 Å². The standard InChI is InChI=1S/C11H14O2S/c1-9-3-2-4-10(7-9)8-14-6-5-11(12)13/h2-4,7H,5-6,8H2,1H3,(H,12,13). The highest BCUT2D eigenvalue weighted by atomic mass is 32.2. The van der Waals surface area contributed by atoms with Gasteiger partial charge in [-0.3, -0.25) is 4.79 Å². The summed E-state index contributed by atoms with van der Waals surface area (Å²) in [7, 11) is 0. The second-order valence-corrected chi connectivity index (χ2v) is 4.29. The molecule has 0 saturated heterocycles. The Bertz CT molecular complexity index is 310.